The zero-order valence-corrected chi connectivity index (χ0v) is 22.3. The number of aromatic nitrogens is 2. The SMILES string of the molecule is O=C(/C=C/CN(CCO)CCO)Nc1cc2c(Nc3cc(Cl)c(Cl)cc3F)ncnc2cc1CCC1(O)CO1. The summed E-state index contributed by atoms with van der Waals surface area (Å²) in [5, 5.41) is 35.0. The number of anilines is 3. The van der Waals surface area contributed by atoms with Crippen molar-refractivity contribution in [3.05, 3.63) is 64.2 Å². The highest BCUT2D eigenvalue weighted by molar-refractivity contribution is 6.42. The van der Waals surface area contributed by atoms with E-state index in [9.17, 15) is 14.3 Å². The monoisotopic (exact) mass is 579 g/mol. The lowest BCUT2D eigenvalue weighted by molar-refractivity contribution is -0.111. The van der Waals surface area contributed by atoms with Crippen LogP contribution in [0.5, 0.6) is 0 Å². The summed E-state index contributed by atoms with van der Waals surface area (Å²) in [6, 6.07) is 5.89. The maximum atomic E-state index is 14.5. The number of nitrogens with zero attached hydrogens (tertiary/aromatic N) is 3. The number of epoxide rings is 1. The molecule has 208 valence electrons. The molecule has 0 spiro atoms. The van der Waals surface area contributed by atoms with E-state index >= 15 is 0 Å². The summed E-state index contributed by atoms with van der Waals surface area (Å²) in [6.07, 6.45) is 5.02. The first kappa shape index (κ1) is 29.1. The minimum atomic E-state index is -1.18. The number of ether oxygens (including phenoxy) is 1. The third kappa shape index (κ3) is 7.83. The van der Waals surface area contributed by atoms with Crippen LogP contribution in [-0.4, -0.2) is 81.3 Å². The number of nitrogens with one attached hydrogen (secondary N) is 2. The lowest BCUT2D eigenvalue weighted by Crippen LogP contribution is -2.30. The number of carbonyl (C=O) groups is 1. The highest BCUT2D eigenvalue weighted by atomic mass is 35.5. The van der Waals surface area contributed by atoms with Gasteiger partial charge in [-0.3, -0.25) is 9.69 Å². The van der Waals surface area contributed by atoms with Crippen LogP contribution in [0.25, 0.3) is 10.9 Å². The van der Waals surface area contributed by atoms with Crippen molar-refractivity contribution in [1.82, 2.24) is 14.9 Å². The molecule has 39 heavy (non-hydrogen) atoms. The lowest BCUT2D eigenvalue weighted by Gasteiger charge is -2.17. The van der Waals surface area contributed by atoms with Gasteiger partial charge in [0.1, 0.15) is 24.6 Å². The maximum Gasteiger partial charge on any atom is 0.248 e. The summed E-state index contributed by atoms with van der Waals surface area (Å²) < 4.78 is 19.6. The molecule has 1 saturated heterocycles. The van der Waals surface area contributed by atoms with E-state index in [4.69, 9.17) is 38.2 Å². The molecule has 0 saturated carbocycles. The number of aliphatic hydroxyl groups is 3. The molecule has 1 aliphatic heterocycles. The van der Waals surface area contributed by atoms with E-state index < -0.39 is 17.5 Å². The standard InChI is InChI=1S/C26H28Cl2FN5O5/c27-18-12-20(29)23(13-19(18)28)33-25-17-11-21(32-24(37)2-1-5-34(6-8-35)7-9-36)16(3-4-26(38)14-39-26)10-22(17)30-15-31-25/h1-2,10-13,15,35-36,38H,3-9,14H2,(H,32,37)(H,30,31,33)/b2-1+. The van der Waals surface area contributed by atoms with Crippen LogP contribution in [0.15, 0.2) is 42.7 Å². The molecule has 5 N–H and O–H groups in total. The predicted molar refractivity (Wildman–Crippen MR) is 147 cm³/mol. The first-order valence-electron chi connectivity index (χ1n) is 12.2. The van der Waals surface area contributed by atoms with Crippen LogP contribution in [0.3, 0.4) is 0 Å². The Bertz CT molecular complexity index is 1370. The van der Waals surface area contributed by atoms with Crippen molar-refractivity contribution >= 4 is 57.2 Å². The molecular weight excluding hydrogens is 552 g/mol. The number of halogens is 3. The molecule has 1 fully saturated rings. The van der Waals surface area contributed by atoms with E-state index in [0.29, 0.717) is 54.6 Å². The van der Waals surface area contributed by atoms with Gasteiger partial charge < -0.3 is 30.7 Å². The van der Waals surface area contributed by atoms with Gasteiger partial charge in [-0.05, 0) is 36.2 Å². The van der Waals surface area contributed by atoms with E-state index in [-0.39, 0.29) is 41.4 Å². The molecule has 1 atom stereocenters. The molecule has 13 heteroatoms. The summed E-state index contributed by atoms with van der Waals surface area (Å²) >= 11 is 12.0. The van der Waals surface area contributed by atoms with Crippen molar-refractivity contribution in [2.75, 3.05) is 50.1 Å². The Kier molecular flexibility index (Phi) is 9.67. The fourth-order valence-electron chi connectivity index (χ4n) is 3.93. The van der Waals surface area contributed by atoms with E-state index in [1.807, 2.05) is 0 Å². The van der Waals surface area contributed by atoms with Gasteiger partial charge in [0.25, 0.3) is 0 Å². The molecule has 2 aromatic carbocycles. The largest absolute Gasteiger partial charge is 0.395 e. The second-order valence-electron chi connectivity index (χ2n) is 8.99. The van der Waals surface area contributed by atoms with Crippen molar-refractivity contribution in [3.63, 3.8) is 0 Å². The van der Waals surface area contributed by atoms with Gasteiger partial charge in [-0.15, -0.1) is 0 Å². The number of carbonyl (C=O) groups excluding carboxylic acids is 1. The van der Waals surface area contributed by atoms with Crippen molar-refractivity contribution in [3.8, 4) is 0 Å². The second-order valence-corrected chi connectivity index (χ2v) is 9.81. The van der Waals surface area contributed by atoms with Crippen LogP contribution in [0.4, 0.5) is 21.6 Å². The van der Waals surface area contributed by atoms with Crippen LogP contribution in [0.1, 0.15) is 12.0 Å². The Morgan fingerprint density at radius 2 is 1.85 bits per heavy atom. The van der Waals surface area contributed by atoms with Gasteiger partial charge in [0.05, 0.1) is 34.5 Å². The summed E-state index contributed by atoms with van der Waals surface area (Å²) in [5.74, 6) is -1.93. The molecule has 0 aliphatic carbocycles. The molecule has 3 aromatic rings. The first-order chi connectivity index (χ1) is 18.7. The lowest BCUT2D eigenvalue weighted by atomic mass is 10.0. The van der Waals surface area contributed by atoms with Crippen LogP contribution in [0.2, 0.25) is 10.0 Å². The zero-order valence-electron chi connectivity index (χ0n) is 20.8. The van der Waals surface area contributed by atoms with Gasteiger partial charge in [0.2, 0.25) is 5.91 Å². The molecule has 2 heterocycles. The van der Waals surface area contributed by atoms with E-state index in [1.54, 1.807) is 23.1 Å². The van der Waals surface area contributed by atoms with Gasteiger partial charge >= 0.3 is 0 Å². The summed E-state index contributed by atoms with van der Waals surface area (Å²) in [7, 11) is 0. The third-order valence-corrected chi connectivity index (χ3v) is 6.83. The molecule has 0 bridgehead atoms. The number of aryl methyl sites for hydroxylation is 1. The average Bonchev–Trinajstić information content (AvgIpc) is 3.63. The third-order valence-electron chi connectivity index (χ3n) is 6.11. The molecule has 0 radical (unpaired) electrons. The molecule has 10 nitrogen and oxygen atoms in total. The molecule has 1 unspecified atom stereocenters. The Morgan fingerprint density at radius 3 is 2.54 bits per heavy atom. The summed E-state index contributed by atoms with van der Waals surface area (Å²) in [6.45, 7) is 1.19. The number of aliphatic hydroxyl groups excluding tert-OH is 2. The first-order valence-corrected chi connectivity index (χ1v) is 12.9. The van der Waals surface area contributed by atoms with Gasteiger partial charge in [0, 0.05) is 43.2 Å². The fourth-order valence-corrected chi connectivity index (χ4v) is 4.25. The van der Waals surface area contributed by atoms with Crippen molar-refractivity contribution < 1.29 is 29.2 Å². The minimum absolute atomic E-state index is 0.0606. The number of hydrogen-bond acceptors (Lipinski definition) is 9. The van der Waals surface area contributed by atoms with Crippen LogP contribution >= 0.6 is 23.2 Å². The Hall–Kier alpha value is -2.90. The molecule has 1 aromatic heterocycles. The van der Waals surface area contributed by atoms with Crippen molar-refractivity contribution in [1.29, 1.82) is 0 Å². The number of rotatable bonds is 13. The van der Waals surface area contributed by atoms with E-state index in [2.05, 4.69) is 20.6 Å². The second kappa shape index (κ2) is 13.0. The number of benzene rings is 2. The van der Waals surface area contributed by atoms with Crippen molar-refractivity contribution in [2.24, 2.45) is 0 Å². The Labute approximate surface area is 234 Å². The molecule has 1 amide bonds. The van der Waals surface area contributed by atoms with Gasteiger partial charge in [-0.1, -0.05) is 29.3 Å². The number of hydrogen-bond donors (Lipinski definition) is 5. The molecule has 1 aliphatic rings. The summed E-state index contributed by atoms with van der Waals surface area (Å²) in [5.41, 5.74) is 1.76. The van der Waals surface area contributed by atoms with Crippen molar-refractivity contribution in [2.45, 2.75) is 18.6 Å². The average molecular weight is 580 g/mol. The van der Waals surface area contributed by atoms with Gasteiger partial charge in [-0.2, -0.15) is 0 Å². The quantitative estimate of drug-likeness (QED) is 0.117. The highest BCUT2D eigenvalue weighted by Gasteiger charge is 2.41. The number of amides is 1. The van der Waals surface area contributed by atoms with E-state index in [1.165, 1.54) is 18.5 Å². The normalized spacial score (nSPS) is 16.8. The van der Waals surface area contributed by atoms with Gasteiger partial charge in [0.15, 0.2) is 5.79 Å². The van der Waals surface area contributed by atoms with E-state index in [0.717, 1.165) is 6.07 Å². The van der Waals surface area contributed by atoms with Crippen LogP contribution in [-0.2, 0) is 16.0 Å². The Morgan fingerprint density at radius 1 is 1.13 bits per heavy atom. The van der Waals surface area contributed by atoms with Gasteiger partial charge in [-0.25, -0.2) is 14.4 Å². The minimum Gasteiger partial charge on any atom is -0.395 e. The summed E-state index contributed by atoms with van der Waals surface area (Å²) in [4.78, 5) is 23.1. The maximum absolute atomic E-state index is 14.5. The molecule has 4 rings (SSSR count). The molecular formula is C26H28Cl2FN5O5. The van der Waals surface area contributed by atoms with Crippen LogP contribution < -0.4 is 10.6 Å². The van der Waals surface area contributed by atoms with Crippen LogP contribution in [0, 0.1) is 5.82 Å². The topological polar surface area (TPSA) is 143 Å². The smallest absolute Gasteiger partial charge is 0.248 e. The zero-order chi connectivity index (χ0) is 28.0. The Balaban J connectivity index is 1.62. The number of fused-ring (bicyclic) bond motifs is 1. The fraction of sp³-hybridized carbons (Fsp3) is 0.346. The predicted octanol–water partition coefficient (Wildman–Crippen LogP) is 3.25. The highest BCUT2D eigenvalue weighted by Crippen LogP contribution is 2.35.